The van der Waals surface area contributed by atoms with E-state index in [0.717, 1.165) is 16.3 Å². The van der Waals surface area contributed by atoms with Gasteiger partial charge in [0, 0.05) is 10.6 Å². The number of hydrogen-bond donors (Lipinski definition) is 0. The molecule has 2 heterocycles. The van der Waals surface area contributed by atoms with Crippen molar-refractivity contribution in [3.8, 4) is 28.6 Å². The van der Waals surface area contributed by atoms with Crippen LogP contribution in [0.4, 0.5) is 0 Å². The summed E-state index contributed by atoms with van der Waals surface area (Å²) >= 11 is 7.31. The van der Waals surface area contributed by atoms with Crippen LogP contribution in [0.25, 0.3) is 16.3 Å². The molecular formula is C18H15ClN4O3S. The molecule has 2 aromatic carbocycles. The number of nitrogens with zero attached hydrogens (tertiary/aromatic N) is 4. The molecular weight excluding hydrogens is 388 g/mol. The summed E-state index contributed by atoms with van der Waals surface area (Å²) in [5.41, 5.74) is 0.829. The fourth-order valence-electron chi connectivity index (χ4n) is 2.55. The van der Waals surface area contributed by atoms with Crippen LogP contribution in [0.3, 0.4) is 0 Å². The largest absolute Gasteiger partial charge is 0.493 e. The summed E-state index contributed by atoms with van der Waals surface area (Å²) in [7, 11) is 3.19. The lowest BCUT2D eigenvalue weighted by Gasteiger charge is -2.08. The number of methoxy groups -OCH3 is 2. The van der Waals surface area contributed by atoms with Crippen LogP contribution in [0.2, 0.25) is 5.02 Å². The summed E-state index contributed by atoms with van der Waals surface area (Å²) in [6.45, 7) is 0.334. The minimum atomic E-state index is 0.334. The van der Waals surface area contributed by atoms with Gasteiger partial charge in [-0.25, -0.2) is 0 Å². The Bertz CT molecular complexity index is 1080. The van der Waals surface area contributed by atoms with Crippen LogP contribution in [-0.4, -0.2) is 34.0 Å². The molecule has 0 fully saturated rings. The predicted octanol–water partition coefficient (Wildman–Crippen LogP) is 4.10. The van der Waals surface area contributed by atoms with Crippen molar-refractivity contribution in [1.29, 1.82) is 0 Å². The van der Waals surface area contributed by atoms with Gasteiger partial charge in [-0.15, -0.1) is 10.2 Å². The number of fused-ring (bicyclic) bond motifs is 1. The van der Waals surface area contributed by atoms with Gasteiger partial charge in [0.25, 0.3) is 0 Å². The normalized spacial score (nSPS) is 10.9. The Hall–Kier alpha value is -2.84. The fraction of sp³-hybridized carbons (Fsp3) is 0.167. The van der Waals surface area contributed by atoms with Gasteiger partial charge >= 0.3 is 0 Å². The maximum atomic E-state index is 5.88. The molecule has 0 bridgehead atoms. The molecule has 0 saturated carbocycles. The lowest BCUT2D eigenvalue weighted by molar-refractivity contribution is 0.304. The van der Waals surface area contributed by atoms with Crippen molar-refractivity contribution in [2.75, 3.05) is 14.2 Å². The Morgan fingerprint density at radius 2 is 1.78 bits per heavy atom. The average Bonchev–Trinajstić information content (AvgIpc) is 3.27. The quantitative estimate of drug-likeness (QED) is 0.483. The van der Waals surface area contributed by atoms with Gasteiger partial charge in [0.05, 0.1) is 14.2 Å². The summed E-state index contributed by atoms with van der Waals surface area (Å²) in [5, 5.41) is 14.5. The number of benzene rings is 2. The molecule has 0 atom stereocenters. The molecule has 0 N–H and O–H groups in total. The number of aromatic nitrogens is 4. The first-order valence-corrected chi connectivity index (χ1v) is 9.19. The van der Waals surface area contributed by atoms with Crippen molar-refractivity contribution in [3.05, 3.63) is 52.5 Å². The molecule has 7 nitrogen and oxygen atoms in total. The maximum absolute atomic E-state index is 5.88. The van der Waals surface area contributed by atoms with Gasteiger partial charge in [-0.1, -0.05) is 22.9 Å². The lowest BCUT2D eigenvalue weighted by Crippen LogP contribution is -1.98. The van der Waals surface area contributed by atoms with Crippen LogP contribution in [0.5, 0.6) is 17.2 Å². The van der Waals surface area contributed by atoms with Gasteiger partial charge in [0.1, 0.15) is 12.4 Å². The van der Waals surface area contributed by atoms with Crippen molar-refractivity contribution >= 4 is 27.9 Å². The van der Waals surface area contributed by atoms with E-state index in [2.05, 4.69) is 15.3 Å². The monoisotopic (exact) mass is 402 g/mol. The van der Waals surface area contributed by atoms with Crippen molar-refractivity contribution in [2.45, 2.75) is 6.61 Å². The first-order chi connectivity index (χ1) is 13.2. The van der Waals surface area contributed by atoms with Gasteiger partial charge in [-0.05, 0) is 42.5 Å². The third kappa shape index (κ3) is 3.54. The summed E-state index contributed by atoms with van der Waals surface area (Å²) < 4.78 is 18.1. The molecule has 4 aromatic rings. The maximum Gasteiger partial charge on any atom is 0.235 e. The van der Waals surface area contributed by atoms with Crippen molar-refractivity contribution in [3.63, 3.8) is 0 Å². The molecule has 27 heavy (non-hydrogen) atoms. The smallest absolute Gasteiger partial charge is 0.235 e. The fourth-order valence-corrected chi connectivity index (χ4v) is 3.42. The average molecular weight is 403 g/mol. The second kappa shape index (κ2) is 7.42. The van der Waals surface area contributed by atoms with E-state index >= 15 is 0 Å². The molecule has 0 aliphatic heterocycles. The SMILES string of the molecule is COc1ccc(-c2nnc3sc(COc4ccc(Cl)cc4)nn23)cc1OC. The highest BCUT2D eigenvalue weighted by Crippen LogP contribution is 2.32. The van der Waals surface area contributed by atoms with Crippen LogP contribution >= 0.6 is 22.9 Å². The molecule has 0 spiro atoms. The zero-order valence-electron chi connectivity index (χ0n) is 14.5. The molecule has 0 saturated heterocycles. The second-order valence-corrected chi connectivity index (χ2v) is 7.00. The Labute approximate surface area is 164 Å². The van der Waals surface area contributed by atoms with Gasteiger partial charge in [0.2, 0.25) is 4.96 Å². The van der Waals surface area contributed by atoms with E-state index in [1.807, 2.05) is 30.3 Å². The minimum absolute atomic E-state index is 0.334. The third-order valence-corrected chi connectivity index (χ3v) is 4.97. The van der Waals surface area contributed by atoms with E-state index in [4.69, 9.17) is 25.8 Å². The van der Waals surface area contributed by atoms with Crippen LogP contribution in [0, 0.1) is 0 Å². The third-order valence-electron chi connectivity index (χ3n) is 3.85. The predicted molar refractivity (Wildman–Crippen MR) is 103 cm³/mol. The topological polar surface area (TPSA) is 70.8 Å². The van der Waals surface area contributed by atoms with E-state index in [0.29, 0.717) is 33.9 Å². The van der Waals surface area contributed by atoms with Crippen LogP contribution in [0.1, 0.15) is 5.01 Å². The van der Waals surface area contributed by atoms with E-state index < -0.39 is 0 Å². The summed E-state index contributed by atoms with van der Waals surface area (Å²) in [4.78, 5) is 0.689. The Kier molecular flexibility index (Phi) is 4.83. The molecule has 9 heteroatoms. The van der Waals surface area contributed by atoms with E-state index in [1.54, 1.807) is 30.9 Å². The van der Waals surface area contributed by atoms with Gasteiger partial charge in [-0.2, -0.15) is 9.61 Å². The van der Waals surface area contributed by atoms with E-state index in [9.17, 15) is 0 Å². The van der Waals surface area contributed by atoms with Gasteiger partial charge in [0.15, 0.2) is 22.3 Å². The summed E-state index contributed by atoms with van der Waals surface area (Å²) in [6, 6.07) is 12.8. The molecule has 0 aliphatic carbocycles. The lowest BCUT2D eigenvalue weighted by atomic mass is 10.2. The van der Waals surface area contributed by atoms with Crippen LogP contribution < -0.4 is 14.2 Å². The van der Waals surface area contributed by atoms with Crippen molar-refractivity contribution < 1.29 is 14.2 Å². The molecule has 4 rings (SSSR count). The minimum Gasteiger partial charge on any atom is -0.493 e. The van der Waals surface area contributed by atoms with Crippen LogP contribution in [-0.2, 0) is 6.61 Å². The van der Waals surface area contributed by atoms with Crippen molar-refractivity contribution in [2.24, 2.45) is 0 Å². The number of halogens is 1. The molecule has 0 unspecified atom stereocenters. The molecule has 2 aromatic heterocycles. The van der Waals surface area contributed by atoms with E-state index in [1.165, 1.54) is 11.3 Å². The first-order valence-electron chi connectivity index (χ1n) is 8.00. The highest BCUT2D eigenvalue weighted by Gasteiger charge is 2.15. The zero-order valence-corrected chi connectivity index (χ0v) is 16.1. The summed E-state index contributed by atoms with van der Waals surface area (Å²) in [6.07, 6.45) is 0. The van der Waals surface area contributed by atoms with Gasteiger partial charge < -0.3 is 14.2 Å². The first kappa shape index (κ1) is 17.6. The molecule has 0 radical (unpaired) electrons. The molecule has 138 valence electrons. The highest BCUT2D eigenvalue weighted by atomic mass is 35.5. The molecule has 0 aliphatic rings. The second-order valence-electron chi connectivity index (χ2n) is 5.53. The van der Waals surface area contributed by atoms with Gasteiger partial charge in [-0.3, -0.25) is 0 Å². The Balaban J connectivity index is 1.59. The standard InChI is InChI=1S/C18H15ClN4O3S/c1-24-14-8-3-11(9-15(14)25-2)17-20-21-18-23(17)22-16(27-18)10-26-13-6-4-12(19)5-7-13/h3-9H,10H2,1-2H3. The zero-order chi connectivity index (χ0) is 18.8. The van der Waals surface area contributed by atoms with Crippen LogP contribution in [0.15, 0.2) is 42.5 Å². The number of ether oxygens (including phenoxy) is 3. The Morgan fingerprint density at radius 3 is 2.52 bits per heavy atom. The number of rotatable bonds is 6. The molecule has 0 amide bonds. The van der Waals surface area contributed by atoms with E-state index in [-0.39, 0.29) is 0 Å². The Morgan fingerprint density at radius 1 is 1.00 bits per heavy atom. The van der Waals surface area contributed by atoms with Crippen molar-refractivity contribution in [1.82, 2.24) is 19.8 Å². The highest BCUT2D eigenvalue weighted by molar-refractivity contribution is 7.16. The number of hydrogen-bond acceptors (Lipinski definition) is 7. The summed E-state index contributed by atoms with van der Waals surface area (Å²) in [5.74, 6) is 2.62.